The predicted molar refractivity (Wildman–Crippen MR) is 106 cm³/mol. The van der Waals surface area contributed by atoms with Crippen molar-refractivity contribution >= 4 is 17.8 Å². The quantitative estimate of drug-likeness (QED) is 0.767. The molecule has 2 aromatic rings. The number of hydrogen-bond donors (Lipinski definition) is 1. The first kappa shape index (κ1) is 20.1. The largest absolute Gasteiger partial charge is 0.337 e. The van der Waals surface area contributed by atoms with Crippen LogP contribution in [-0.2, 0) is 21.7 Å². The number of carbonyl (C=O) groups excluding carboxylic acids is 3. The number of rotatable bonds is 6. The number of hydrogen-bond acceptors (Lipinski definition) is 4. The van der Waals surface area contributed by atoms with Crippen molar-refractivity contribution < 1.29 is 14.4 Å². The van der Waals surface area contributed by atoms with E-state index in [1.54, 1.807) is 36.1 Å². The number of amides is 4. The lowest BCUT2D eigenvalue weighted by atomic mass is 9.91. The maximum absolute atomic E-state index is 13.0. The Morgan fingerprint density at radius 1 is 1.17 bits per heavy atom. The van der Waals surface area contributed by atoms with Gasteiger partial charge < -0.3 is 10.2 Å². The second-order valence-corrected chi connectivity index (χ2v) is 7.03. The fourth-order valence-corrected chi connectivity index (χ4v) is 3.35. The zero-order chi connectivity index (χ0) is 21.0. The Bertz CT molecular complexity index is 983. The molecular formula is C22H22N4O3. The van der Waals surface area contributed by atoms with Gasteiger partial charge in [0.15, 0.2) is 0 Å². The molecule has 1 aliphatic rings. The molecule has 0 radical (unpaired) electrons. The van der Waals surface area contributed by atoms with Crippen LogP contribution in [0, 0.1) is 11.3 Å². The molecule has 1 heterocycles. The smallest absolute Gasteiger partial charge is 0.325 e. The summed E-state index contributed by atoms with van der Waals surface area (Å²) < 4.78 is 0. The topological polar surface area (TPSA) is 93.5 Å². The summed E-state index contributed by atoms with van der Waals surface area (Å²) in [6.07, 6.45) is 0. The SMILES string of the molecule is CCN(Cc1ccccc1)C(=O)CN1C(=O)NC(C)(c2cccc(C#N)c2)C1=O. The third kappa shape index (κ3) is 3.97. The monoisotopic (exact) mass is 390 g/mol. The van der Waals surface area contributed by atoms with Gasteiger partial charge in [-0.1, -0.05) is 42.5 Å². The summed E-state index contributed by atoms with van der Waals surface area (Å²) in [6, 6.07) is 17.5. The standard InChI is InChI=1S/C22H22N4O3/c1-3-25(14-16-8-5-4-6-9-16)19(27)15-26-20(28)22(2,24-21(26)29)18-11-7-10-17(12-18)13-23/h4-12H,3,14-15H2,1-2H3,(H,24,29). The minimum atomic E-state index is -1.32. The van der Waals surface area contributed by atoms with E-state index in [1.807, 2.05) is 43.3 Å². The molecule has 1 unspecified atom stereocenters. The maximum atomic E-state index is 13.0. The second kappa shape index (κ2) is 8.15. The fraction of sp³-hybridized carbons (Fsp3) is 0.273. The van der Waals surface area contributed by atoms with Gasteiger partial charge in [0.2, 0.25) is 5.91 Å². The molecule has 29 heavy (non-hydrogen) atoms. The van der Waals surface area contributed by atoms with Crippen LogP contribution in [0.3, 0.4) is 0 Å². The van der Waals surface area contributed by atoms with Gasteiger partial charge in [0.05, 0.1) is 11.6 Å². The van der Waals surface area contributed by atoms with Crippen molar-refractivity contribution in [2.24, 2.45) is 0 Å². The Morgan fingerprint density at radius 2 is 1.90 bits per heavy atom. The number of nitrogens with zero attached hydrogens (tertiary/aromatic N) is 3. The fourth-order valence-electron chi connectivity index (χ4n) is 3.35. The van der Waals surface area contributed by atoms with Crippen LogP contribution < -0.4 is 5.32 Å². The third-order valence-electron chi connectivity index (χ3n) is 5.09. The summed E-state index contributed by atoms with van der Waals surface area (Å²) >= 11 is 0. The van der Waals surface area contributed by atoms with E-state index in [9.17, 15) is 14.4 Å². The van der Waals surface area contributed by atoms with Crippen LogP contribution in [0.2, 0.25) is 0 Å². The molecule has 1 saturated heterocycles. The van der Waals surface area contributed by atoms with Crippen LogP contribution in [0.15, 0.2) is 54.6 Å². The average Bonchev–Trinajstić information content (AvgIpc) is 2.96. The highest BCUT2D eigenvalue weighted by atomic mass is 16.2. The van der Waals surface area contributed by atoms with E-state index in [4.69, 9.17) is 5.26 Å². The van der Waals surface area contributed by atoms with Crippen molar-refractivity contribution in [1.29, 1.82) is 5.26 Å². The Balaban J connectivity index is 1.77. The van der Waals surface area contributed by atoms with Gasteiger partial charge in [-0.15, -0.1) is 0 Å². The minimum absolute atomic E-state index is 0.310. The van der Waals surface area contributed by atoms with Crippen molar-refractivity contribution in [3.63, 3.8) is 0 Å². The van der Waals surface area contributed by atoms with Crippen LogP contribution >= 0.6 is 0 Å². The normalized spacial score (nSPS) is 18.3. The minimum Gasteiger partial charge on any atom is -0.337 e. The number of benzene rings is 2. The maximum Gasteiger partial charge on any atom is 0.325 e. The number of nitriles is 1. The molecule has 2 aromatic carbocycles. The van der Waals surface area contributed by atoms with E-state index < -0.39 is 17.5 Å². The third-order valence-corrected chi connectivity index (χ3v) is 5.09. The highest BCUT2D eigenvalue weighted by Gasteiger charge is 2.49. The van der Waals surface area contributed by atoms with Crippen LogP contribution in [0.4, 0.5) is 4.79 Å². The zero-order valence-electron chi connectivity index (χ0n) is 16.4. The first-order valence-electron chi connectivity index (χ1n) is 9.35. The molecule has 0 saturated carbocycles. The molecule has 148 valence electrons. The first-order valence-corrected chi connectivity index (χ1v) is 9.35. The molecule has 7 nitrogen and oxygen atoms in total. The van der Waals surface area contributed by atoms with Crippen molar-refractivity contribution in [3.05, 3.63) is 71.3 Å². The molecule has 0 aromatic heterocycles. The summed E-state index contributed by atoms with van der Waals surface area (Å²) in [5.41, 5.74) is 0.542. The summed E-state index contributed by atoms with van der Waals surface area (Å²) in [4.78, 5) is 40.8. The van der Waals surface area contributed by atoms with Gasteiger partial charge in [-0.05, 0) is 37.1 Å². The summed E-state index contributed by atoms with van der Waals surface area (Å²) in [5.74, 6) is -0.823. The van der Waals surface area contributed by atoms with E-state index >= 15 is 0 Å². The van der Waals surface area contributed by atoms with Crippen LogP contribution in [0.1, 0.15) is 30.5 Å². The Labute approximate surface area is 169 Å². The molecule has 1 fully saturated rings. The lowest BCUT2D eigenvalue weighted by Gasteiger charge is -2.25. The number of urea groups is 1. The summed E-state index contributed by atoms with van der Waals surface area (Å²) in [5, 5.41) is 11.8. The average molecular weight is 390 g/mol. The van der Waals surface area contributed by atoms with Crippen molar-refractivity contribution in [1.82, 2.24) is 15.1 Å². The van der Waals surface area contributed by atoms with Gasteiger partial charge in [0.25, 0.3) is 5.91 Å². The molecular weight excluding hydrogens is 368 g/mol. The molecule has 0 aliphatic carbocycles. The van der Waals surface area contributed by atoms with Gasteiger partial charge in [-0.2, -0.15) is 5.26 Å². The number of imide groups is 1. The predicted octanol–water partition coefficient (Wildman–Crippen LogP) is 2.37. The molecule has 0 bridgehead atoms. The van der Waals surface area contributed by atoms with E-state index in [0.717, 1.165) is 10.5 Å². The molecule has 1 N–H and O–H groups in total. The number of carbonyl (C=O) groups is 3. The highest BCUT2D eigenvalue weighted by Crippen LogP contribution is 2.29. The number of likely N-dealkylation sites (N-methyl/N-ethyl adjacent to an activating group) is 1. The Hall–Kier alpha value is -3.66. The van der Waals surface area contributed by atoms with E-state index in [2.05, 4.69) is 5.32 Å². The van der Waals surface area contributed by atoms with Gasteiger partial charge in [0.1, 0.15) is 12.1 Å². The summed E-state index contributed by atoms with van der Waals surface area (Å²) in [7, 11) is 0. The van der Waals surface area contributed by atoms with Crippen LogP contribution in [0.25, 0.3) is 0 Å². The van der Waals surface area contributed by atoms with E-state index in [1.165, 1.54) is 0 Å². The lowest BCUT2D eigenvalue weighted by Crippen LogP contribution is -2.44. The van der Waals surface area contributed by atoms with Crippen LogP contribution in [-0.4, -0.2) is 40.7 Å². The zero-order valence-corrected chi connectivity index (χ0v) is 16.4. The Kier molecular flexibility index (Phi) is 5.64. The highest BCUT2D eigenvalue weighted by molar-refractivity contribution is 6.09. The summed E-state index contributed by atoms with van der Waals surface area (Å²) in [6.45, 7) is 3.96. The van der Waals surface area contributed by atoms with E-state index in [-0.39, 0.29) is 12.5 Å². The molecule has 1 atom stereocenters. The van der Waals surface area contributed by atoms with Crippen molar-refractivity contribution in [2.45, 2.75) is 25.9 Å². The second-order valence-electron chi connectivity index (χ2n) is 7.03. The van der Waals surface area contributed by atoms with Gasteiger partial charge in [-0.25, -0.2) is 4.79 Å². The van der Waals surface area contributed by atoms with Crippen molar-refractivity contribution in [3.8, 4) is 6.07 Å². The molecule has 0 spiro atoms. The van der Waals surface area contributed by atoms with Gasteiger partial charge in [-0.3, -0.25) is 14.5 Å². The van der Waals surface area contributed by atoms with Crippen molar-refractivity contribution in [2.75, 3.05) is 13.1 Å². The van der Waals surface area contributed by atoms with E-state index in [0.29, 0.717) is 24.2 Å². The van der Waals surface area contributed by atoms with Gasteiger partial charge >= 0.3 is 6.03 Å². The Morgan fingerprint density at radius 3 is 2.55 bits per heavy atom. The molecule has 7 heteroatoms. The lowest BCUT2D eigenvalue weighted by molar-refractivity contribution is -0.139. The van der Waals surface area contributed by atoms with Crippen LogP contribution in [0.5, 0.6) is 0 Å². The molecule has 4 amide bonds. The first-order chi connectivity index (χ1) is 13.9. The number of nitrogens with one attached hydrogen (secondary N) is 1. The molecule has 3 rings (SSSR count). The van der Waals surface area contributed by atoms with Gasteiger partial charge in [0, 0.05) is 13.1 Å². The molecule has 1 aliphatic heterocycles.